The number of nitrogens with zero attached hydrogens (tertiary/aromatic N) is 2. The minimum absolute atomic E-state index is 0.141. The maximum absolute atomic E-state index is 6.36. The molecule has 0 radical (unpaired) electrons. The standard InChI is InChI=1S/C25H23N3O3S/c1-2-29-18-10-8-17(9-11-18)21-12-13-22(31-21)24-23(20-7-3-4-14-26-20)27-25(32)28(24)16-19-6-5-15-30-19/h3-15,23-24H,2,16H2,1H3,(H,27,32)/t23-,24+/m0/s1. The van der Waals surface area contributed by atoms with Crippen LogP contribution in [0.25, 0.3) is 11.3 Å². The number of aromatic nitrogens is 1. The Morgan fingerprint density at radius 2 is 1.94 bits per heavy atom. The predicted octanol–water partition coefficient (Wildman–Crippen LogP) is 5.51. The van der Waals surface area contributed by atoms with Gasteiger partial charge in [0, 0.05) is 11.8 Å². The highest BCUT2D eigenvalue weighted by molar-refractivity contribution is 7.80. The lowest BCUT2D eigenvalue weighted by Crippen LogP contribution is -2.28. The highest BCUT2D eigenvalue weighted by Gasteiger charge is 2.42. The Morgan fingerprint density at radius 3 is 2.66 bits per heavy atom. The molecule has 1 aromatic carbocycles. The van der Waals surface area contributed by atoms with Gasteiger partial charge in [-0.05, 0) is 79.8 Å². The molecule has 4 heterocycles. The van der Waals surface area contributed by atoms with Gasteiger partial charge in [0.15, 0.2) is 5.11 Å². The molecule has 4 aromatic rings. The van der Waals surface area contributed by atoms with Crippen molar-refractivity contribution in [3.63, 3.8) is 0 Å². The maximum Gasteiger partial charge on any atom is 0.170 e. The van der Waals surface area contributed by atoms with Crippen LogP contribution in [0.1, 0.15) is 36.2 Å². The fourth-order valence-electron chi connectivity index (χ4n) is 4.00. The molecule has 1 aliphatic heterocycles. The minimum atomic E-state index is -0.168. The molecule has 5 rings (SSSR count). The average molecular weight is 446 g/mol. The molecule has 3 aromatic heterocycles. The minimum Gasteiger partial charge on any atom is -0.494 e. The van der Waals surface area contributed by atoms with Crippen molar-refractivity contribution in [2.45, 2.75) is 25.6 Å². The lowest BCUT2D eigenvalue weighted by molar-refractivity contribution is 0.253. The summed E-state index contributed by atoms with van der Waals surface area (Å²) in [5.41, 5.74) is 1.89. The van der Waals surface area contributed by atoms with Gasteiger partial charge in [-0.2, -0.15) is 0 Å². The summed E-state index contributed by atoms with van der Waals surface area (Å²) in [6, 6.07) is 21.3. The molecule has 1 N–H and O–H groups in total. The number of benzene rings is 1. The van der Waals surface area contributed by atoms with Crippen LogP contribution >= 0.6 is 12.2 Å². The lowest BCUT2D eigenvalue weighted by Gasteiger charge is -2.25. The van der Waals surface area contributed by atoms with Gasteiger partial charge in [-0.25, -0.2) is 0 Å². The first-order chi connectivity index (χ1) is 15.7. The van der Waals surface area contributed by atoms with Crippen molar-refractivity contribution in [3.05, 3.63) is 96.4 Å². The summed E-state index contributed by atoms with van der Waals surface area (Å²) in [5.74, 6) is 3.27. The third kappa shape index (κ3) is 3.99. The fraction of sp³-hybridized carbons (Fsp3) is 0.200. The molecule has 7 heteroatoms. The average Bonchev–Trinajstić information content (AvgIpc) is 3.57. The largest absolute Gasteiger partial charge is 0.494 e. The van der Waals surface area contributed by atoms with Crippen molar-refractivity contribution in [1.29, 1.82) is 0 Å². The molecule has 0 aliphatic carbocycles. The zero-order valence-corrected chi connectivity index (χ0v) is 18.4. The van der Waals surface area contributed by atoms with Crippen LogP contribution in [0.3, 0.4) is 0 Å². The molecular weight excluding hydrogens is 422 g/mol. The van der Waals surface area contributed by atoms with Crippen molar-refractivity contribution in [2.24, 2.45) is 0 Å². The molecular formula is C25H23N3O3S. The van der Waals surface area contributed by atoms with Crippen LogP contribution in [0.4, 0.5) is 0 Å². The second-order valence-corrected chi connectivity index (χ2v) is 7.88. The van der Waals surface area contributed by atoms with E-state index in [1.807, 2.05) is 73.7 Å². The summed E-state index contributed by atoms with van der Waals surface area (Å²) in [4.78, 5) is 6.66. The van der Waals surface area contributed by atoms with Gasteiger partial charge in [-0.1, -0.05) is 6.07 Å². The van der Waals surface area contributed by atoms with Gasteiger partial charge in [-0.3, -0.25) is 4.98 Å². The Balaban J connectivity index is 1.49. The third-order valence-corrected chi connectivity index (χ3v) is 5.82. The van der Waals surface area contributed by atoms with Gasteiger partial charge in [0.05, 0.1) is 31.2 Å². The summed E-state index contributed by atoms with van der Waals surface area (Å²) >= 11 is 5.70. The summed E-state index contributed by atoms with van der Waals surface area (Å²) < 4.78 is 17.5. The first kappa shape index (κ1) is 20.3. The number of ether oxygens (including phenoxy) is 1. The quantitative estimate of drug-likeness (QED) is 0.377. The van der Waals surface area contributed by atoms with Gasteiger partial charge in [0.1, 0.15) is 29.1 Å². The van der Waals surface area contributed by atoms with E-state index in [9.17, 15) is 0 Å². The second kappa shape index (κ2) is 8.88. The van der Waals surface area contributed by atoms with Crippen molar-refractivity contribution < 1.29 is 13.6 Å². The third-order valence-electron chi connectivity index (χ3n) is 5.47. The molecule has 0 unspecified atom stereocenters. The van der Waals surface area contributed by atoms with E-state index in [1.54, 1.807) is 12.5 Å². The molecule has 1 saturated heterocycles. The van der Waals surface area contributed by atoms with E-state index in [-0.39, 0.29) is 12.1 Å². The van der Waals surface area contributed by atoms with E-state index >= 15 is 0 Å². The number of nitrogens with one attached hydrogen (secondary N) is 1. The van der Waals surface area contributed by atoms with E-state index in [0.717, 1.165) is 34.3 Å². The number of hydrogen-bond acceptors (Lipinski definition) is 5. The molecule has 0 spiro atoms. The number of furan rings is 2. The Labute approximate surface area is 191 Å². The molecule has 162 valence electrons. The Hall–Kier alpha value is -3.58. The summed E-state index contributed by atoms with van der Waals surface area (Å²) in [6.45, 7) is 3.14. The first-order valence-corrected chi connectivity index (χ1v) is 11.0. The molecule has 2 atom stereocenters. The van der Waals surface area contributed by atoms with Crippen LogP contribution in [-0.4, -0.2) is 21.6 Å². The fourth-order valence-corrected chi connectivity index (χ4v) is 4.31. The van der Waals surface area contributed by atoms with Gasteiger partial charge >= 0.3 is 0 Å². The zero-order chi connectivity index (χ0) is 21.9. The Bertz CT molecular complexity index is 1170. The van der Waals surface area contributed by atoms with Crippen LogP contribution in [0, 0.1) is 0 Å². The second-order valence-electron chi connectivity index (χ2n) is 7.49. The first-order valence-electron chi connectivity index (χ1n) is 10.6. The maximum atomic E-state index is 6.36. The van der Waals surface area contributed by atoms with Crippen molar-refractivity contribution in [1.82, 2.24) is 15.2 Å². The van der Waals surface area contributed by atoms with Crippen molar-refractivity contribution in [3.8, 4) is 17.1 Å². The van der Waals surface area contributed by atoms with Gasteiger partial charge in [0.25, 0.3) is 0 Å². The van der Waals surface area contributed by atoms with E-state index in [2.05, 4.69) is 15.2 Å². The van der Waals surface area contributed by atoms with E-state index in [1.165, 1.54) is 0 Å². The van der Waals surface area contributed by atoms with Gasteiger partial charge in [-0.15, -0.1) is 0 Å². The summed E-state index contributed by atoms with van der Waals surface area (Å²) in [5, 5.41) is 4.07. The summed E-state index contributed by atoms with van der Waals surface area (Å²) in [6.07, 6.45) is 3.46. The normalized spacial score (nSPS) is 18.0. The highest BCUT2D eigenvalue weighted by Crippen LogP contribution is 2.41. The Morgan fingerprint density at radius 1 is 1.06 bits per heavy atom. The van der Waals surface area contributed by atoms with Crippen LogP contribution in [0.15, 0.2) is 88.0 Å². The lowest BCUT2D eigenvalue weighted by atomic mass is 10.0. The summed E-state index contributed by atoms with van der Waals surface area (Å²) in [7, 11) is 0. The number of pyridine rings is 1. The van der Waals surface area contributed by atoms with Crippen molar-refractivity contribution >= 4 is 17.3 Å². The van der Waals surface area contributed by atoms with Gasteiger partial charge in [0.2, 0.25) is 0 Å². The van der Waals surface area contributed by atoms with Crippen molar-refractivity contribution in [2.75, 3.05) is 6.61 Å². The zero-order valence-electron chi connectivity index (χ0n) is 17.6. The van der Waals surface area contributed by atoms with E-state index < -0.39 is 0 Å². The van der Waals surface area contributed by atoms with Gasteiger partial charge < -0.3 is 23.8 Å². The predicted molar refractivity (Wildman–Crippen MR) is 125 cm³/mol. The molecule has 0 amide bonds. The number of thiocarbonyl (C=S) groups is 1. The highest BCUT2D eigenvalue weighted by atomic mass is 32.1. The SMILES string of the molecule is CCOc1ccc(-c2ccc([C@@H]3[C@H](c4ccccn4)NC(=S)N3Cc3ccco3)o2)cc1. The van der Waals surface area contributed by atoms with Crippen LogP contribution in [0.2, 0.25) is 0 Å². The number of hydrogen-bond donors (Lipinski definition) is 1. The molecule has 6 nitrogen and oxygen atoms in total. The van der Waals surface area contributed by atoms with Crippen LogP contribution in [-0.2, 0) is 6.54 Å². The van der Waals surface area contributed by atoms with E-state index in [0.29, 0.717) is 18.3 Å². The molecule has 1 fully saturated rings. The molecule has 0 saturated carbocycles. The molecule has 32 heavy (non-hydrogen) atoms. The van der Waals surface area contributed by atoms with Crippen LogP contribution < -0.4 is 10.1 Å². The molecule has 0 bridgehead atoms. The molecule has 1 aliphatic rings. The topological polar surface area (TPSA) is 63.7 Å². The van der Waals surface area contributed by atoms with Crippen LogP contribution in [0.5, 0.6) is 5.75 Å². The van der Waals surface area contributed by atoms with E-state index in [4.69, 9.17) is 25.8 Å². The smallest absolute Gasteiger partial charge is 0.170 e. The monoisotopic (exact) mass is 445 g/mol. The Kier molecular flexibility index (Phi) is 5.64. The number of rotatable bonds is 7.